The summed E-state index contributed by atoms with van der Waals surface area (Å²) in [4.78, 5) is 14.7. The molecule has 0 atom stereocenters. The van der Waals surface area contributed by atoms with Crippen molar-refractivity contribution in [2.75, 3.05) is 29.0 Å². The molecule has 0 radical (unpaired) electrons. The zero-order chi connectivity index (χ0) is 13.9. The van der Waals surface area contributed by atoms with E-state index >= 15 is 0 Å². The first-order chi connectivity index (χ1) is 9.70. The van der Waals surface area contributed by atoms with Crippen LogP contribution in [-0.4, -0.2) is 44.3 Å². The van der Waals surface area contributed by atoms with E-state index in [4.69, 9.17) is 5.73 Å². The Balaban J connectivity index is 1.54. The van der Waals surface area contributed by atoms with Gasteiger partial charge in [0.1, 0.15) is 0 Å². The van der Waals surface area contributed by atoms with E-state index in [0.717, 1.165) is 30.4 Å². The Morgan fingerprint density at radius 2 is 2.00 bits per heavy atom. The molecule has 0 amide bonds. The summed E-state index contributed by atoms with van der Waals surface area (Å²) in [7, 11) is 0. The van der Waals surface area contributed by atoms with Crippen LogP contribution in [0.4, 0.5) is 17.8 Å². The predicted molar refractivity (Wildman–Crippen MR) is 79.4 cm³/mol. The monoisotopic (exact) mass is 338 g/mol. The molecule has 3 rings (SSSR count). The molecule has 2 aromatic rings. The van der Waals surface area contributed by atoms with Gasteiger partial charge in [-0.25, -0.2) is 15.1 Å². The van der Waals surface area contributed by atoms with E-state index in [9.17, 15) is 0 Å². The largest absolute Gasteiger partial charge is 0.368 e. The van der Waals surface area contributed by atoms with Gasteiger partial charge in [0.25, 0.3) is 0 Å². The number of rotatable bonds is 3. The number of aromatic amines is 1. The first kappa shape index (κ1) is 13.1. The van der Waals surface area contributed by atoms with Crippen LogP contribution in [0.25, 0.3) is 0 Å². The third-order valence-corrected chi connectivity index (χ3v) is 3.63. The third-order valence-electron chi connectivity index (χ3n) is 3.22. The molecule has 1 saturated heterocycles. The molecule has 9 heteroatoms. The third kappa shape index (κ3) is 2.98. The highest BCUT2D eigenvalue weighted by atomic mass is 79.9. The smallest absolute Gasteiger partial charge is 0.246 e. The van der Waals surface area contributed by atoms with E-state index in [1.165, 1.54) is 0 Å². The molecule has 0 spiro atoms. The molecule has 0 aliphatic carbocycles. The number of piperidine rings is 1. The Morgan fingerprint density at radius 1 is 1.30 bits per heavy atom. The minimum atomic E-state index is 0.350. The predicted octanol–water partition coefficient (Wildman–Crippen LogP) is 1.02. The molecule has 0 saturated carbocycles. The van der Waals surface area contributed by atoms with Gasteiger partial charge in [0, 0.05) is 31.5 Å². The van der Waals surface area contributed by atoms with Gasteiger partial charge in [-0.1, -0.05) is 0 Å². The lowest BCUT2D eigenvalue weighted by atomic mass is 10.1. The molecule has 4 N–H and O–H groups in total. The number of anilines is 3. The SMILES string of the molecule is Nc1nc(N2CCC(Nc3ncc(Br)cn3)CC2)n[nH]1. The van der Waals surface area contributed by atoms with Crippen molar-refractivity contribution in [3.05, 3.63) is 16.9 Å². The quantitative estimate of drug-likeness (QED) is 0.766. The minimum Gasteiger partial charge on any atom is -0.368 e. The fraction of sp³-hybridized carbons (Fsp3) is 0.455. The summed E-state index contributed by atoms with van der Waals surface area (Å²) in [5.74, 6) is 1.68. The number of hydrogen-bond acceptors (Lipinski definition) is 7. The van der Waals surface area contributed by atoms with Crippen LogP contribution in [0.15, 0.2) is 16.9 Å². The zero-order valence-electron chi connectivity index (χ0n) is 10.8. The number of nitrogen functional groups attached to an aromatic ring is 1. The van der Waals surface area contributed by atoms with E-state index in [1.54, 1.807) is 12.4 Å². The highest BCUT2D eigenvalue weighted by Crippen LogP contribution is 2.18. The zero-order valence-corrected chi connectivity index (χ0v) is 12.3. The van der Waals surface area contributed by atoms with E-state index in [-0.39, 0.29) is 0 Å². The van der Waals surface area contributed by atoms with Gasteiger partial charge in [-0.15, -0.1) is 5.10 Å². The molecule has 106 valence electrons. The summed E-state index contributed by atoms with van der Waals surface area (Å²) in [6, 6.07) is 0.365. The summed E-state index contributed by atoms with van der Waals surface area (Å²) in [6.07, 6.45) is 5.43. The molecular weight excluding hydrogens is 324 g/mol. The first-order valence-electron chi connectivity index (χ1n) is 6.37. The summed E-state index contributed by atoms with van der Waals surface area (Å²) in [5, 5.41) is 10.1. The Kier molecular flexibility index (Phi) is 3.68. The van der Waals surface area contributed by atoms with Crippen molar-refractivity contribution in [1.82, 2.24) is 25.1 Å². The van der Waals surface area contributed by atoms with Gasteiger partial charge < -0.3 is 16.0 Å². The number of nitrogens with zero attached hydrogens (tertiary/aromatic N) is 5. The maximum absolute atomic E-state index is 5.54. The second kappa shape index (κ2) is 5.61. The summed E-state index contributed by atoms with van der Waals surface area (Å²) < 4.78 is 0.875. The van der Waals surface area contributed by atoms with Crippen molar-refractivity contribution in [1.29, 1.82) is 0 Å². The maximum Gasteiger partial charge on any atom is 0.246 e. The van der Waals surface area contributed by atoms with Gasteiger partial charge in [0.15, 0.2) is 0 Å². The van der Waals surface area contributed by atoms with E-state index < -0.39 is 0 Å². The van der Waals surface area contributed by atoms with Crippen LogP contribution in [0.5, 0.6) is 0 Å². The molecule has 2 aromatic heterocycles. The Morgan fingerprint density at radius 3 is 2.60 bits per heavy atom. The van der Waals surface area contributed by atoms with Gasteiger partial charge in [0.05, 0.1) is 4.47 Å². The number of nitrogens with one attached hydrogen (secondary N) is 2. The van der Waals surface area contributed by atoms with Crippen LogP contribution in [0.3, 0.4) is 0 Å². The standard InChI is InChI=1S/C11H15BrN8/c12-7-5-14-10(15-6-7)16-8-1-3-20(4-2-8)11-17-9(13)18-19-11/h5-6,8H,1-4H2,(H,14,15,16)(H3,13,17,18,19). The lowest BCUT2D eigenvalue weighted by Gasteiger charge is -2.31. The van der Waals surface area contributed by atoms with Crippen LogP contribution in [0, 0.1) is 0 Å². The van der Waals surface area contributed by atoms with Crippen LogP contribution in [-0.2, 0) is 0 Å². The van der Waals surface area contributed by atoms with E-state index in [1.807, 2.05) is 0 Å². The average molecular weight is 339 g/mol. The summed E-state index contributed by atoms with van der Waals surface area (Å²) in [6.45, 7) is 1.76. The van der Waals surface area contributed by atoms with Crippen LogP contribution >= 0.6 is 15.9 Å². The Bertz CT molecular complexity index is 560. The molecule has 20 heavy (non-hydrogen) atoms. The molecule has 1 aliphatic rings. The van der Waals surface area contributed by atoms with E-state index in [2.05, 4.69) is 51.3 Å². The number of halogens is 1. The highest BCUT2D eigenvalue weighted by molar-refractivity contribution is 9.10. The average Bonchev–Trinajstić information content (AvgIpc) is 2.89. The minimum absolute atomic E-state index is 0.350. The number of nitrogens with two attached hydrogens (primary N) is 1. The molecule has 0 unspecified atom stereocenters. The normalized spacial score (nSPS) is 16.4. The molecule has 1 aliphatic heterocycles. The van der Waals surface area contributed by atoms with Gasteiger partial charge in [-0.2, -0.15) is 4.98 Å². The number of aromatic nitrogens is 5. The van der Waals surface area contributed by atoms with Gasteiger partial charge in [-0.3, -0.25) is 0 Å². The fourth-order valence-corrected chi connectivity index (χ4v) is 2.40. The van der Waals surface area contributed by atoms with Crippen molar-refractivity contribution in [3.63, 3.8) is 0 Å². The van der Waals surface area contributed by atoms with Crippen molar-refractivity contribution < 1.29 is 0 Å². The maximum atomic E-state index is 5.54. The highest BCUT2D eigenvalue weighted by Gasteiger charge is 2.22. The Hall–Kier alpha value is -1.90. The van der Waals surface area contributed by atoms with Gasteiger partial charge in [0.2, 0.25) is 17.8 Å². The van der Waals surface area contributed by atoms with Crippen molar-refractivity contribution in [2.45, 2.75) is 18.9 Å². The first-order valence-corrected chi connectivity index (χ1v) is 7.17. The lowest BCUT2D eigenvalue weighted by molar-refractivity contribution is 0.518. The lowest BCUT2D eigenvalue weighted by Crippen LogP contribution is -2.40. The van der Waals surface area contributed by atoms with Crippen LogP contribution < -0.4 is 16.0 Å². The van der Waals surface area contributed by atoms with Crippen molar-refractivity contribution in [2.24, 2.45) is 0 Å². The molecule has 0 aromatic carbocycles. The second-order valence-corrected chi connectivity index (χ2v) is 5.57. The van der Waals surface area contributed by atoms with Crippen LogP contribution in [0.1, 0.15) is 12.8 Å². The molecular formula is C11H15BrN8. The number of hydrogen-bond donors (Lipinski definition) is 3. The van der Waals surface area contributed by atoms with E-state index in [0.29, 0.717) is 23.9 Å². The van der Waals surface area contributed by atoms with Crippen molar-refractivity contribution in [3.8, 4) is 0 Å². The van der Waals surface area contributed by atoms with Gasteiger partial charge >= 0.3 is 0 Å². The summed E-state index contributed by atoms with van der Waals surface area (Å²) >= 11 is 3.32. The summed E-state index contributed by atoms with van der Waals surface area (Å²) in [5.41, 5.74) is 5.54. The molecule has 1 fully saturated rings. The van der Waals surface area contributed by atoms with Crippen LogP contribution in [0.2, 0.25) is 0 Å². The van der Waals surface area contributed by atoms with Gasteiger partial charge in [-0.05, 0) is 28.8 Å². The number of H-pyrrole nitrogens is 1. The molecule has 3 heterocycles. The second-order valence-electron chi connectivity index (χ2n) is 4.65. The fourth-order valence-electron chi connectivity index (χ4n) is 2.20. The molecule has 0 bridgehead atoms. The topological polar surface area (TPSA) is 109 Å². The Labute approximate surface area is 124 Å². The molecule has 8 nitrogen and oxygen atoms in total. The van der Waals surface area contributed by atoms with Crippen molar-refractivity contribution >= 4 is 33.8 Å².